The maximum Gasteiger partial charge on any atom is 0.221 e. The van der Waals surface area contributed by atoms with E-state index in [-0.39, 0.29) is 5.91 Å². The molecule has 1 amide bonds. The van der Waals surface area contributed by atoms with Crippen LogP contribution in [0, 0.1) is 5.92 Å². The van der Waals surface area contributed by atoms with E-state index in [1.165, 1.54) is 24.8 Å². The van der Waals surface area contributed by atoms with Crippen LogP contribution in [-0.4, -0.2) is 23.6 Å². The van der Waals surface area contributed by atoms with Crippen molar-refractivity contribution in [2.75, 3.05) is 13.1 Å². The summed E-state index contributed by atoms with van der Waals surface area (Å²) in [7, 11) is 0. The largest absolute Gasteiger partial charge is 0.356 e. The molecule has 0 radical (unpaired) electrons. The molecule has 1 heterocycles. The number of carbonyl (C=O) groups excluding carboxylic acids is 1. The van der Waals surface area contributed by atoms with Gasteiger partial charge in [0, 0.05) is 37.9 Å². The molecule has 0 spiro atoms. The number of nitrogens with one attached hydrogen (secondary N) is 2. The molecule has 0 bridgehead atoms. The van der Waals surface area contributed by atoms with Gasteiger partial charge in [-0.15, -0.1) is 0 Å². The van der Waals surface area contributed by atoms with Crippen molar-refractivity contribution in [3.8, 4) is 0 Å². The molecule has 0 saturated heterocycles. The Kier molecular flexibility index (Phi) is 5.65. The average Bonchev–Trinajstić information content (AvgIpc) is 3.16. The fourth-order valence-electron chi connectivity index (χ4n) is 2.58. The lowest BCUT2D eigenvalue weighted by molar-refractivity contribution is -0.121. The summed E-state index contributed by atoms with van der Waals surface area (Å²) in [6.45, 7) is 6.70. The van der Waals surface area contributed by atoms with Crippen LogP contribution in [0.15, 0.2) is 18.5 Å². The van der Waals surface area contributed by atoms with Crippen LogP contribution in [0.4, 0.5) is 0 Å². The topological polar surface area (TPSA) is 46.1 Å². The summed E-state index contributed by atoms with van der Waals surface area (Å²) in [6, 6.07) is 2.70. The maximum absolute atomic E-state index is 11.5. The number of hydrogen-bond donors (Lipinski definition) is 2. The first-order valence-electron chi connectivity index (χ1n) is 7.90. The predicted molar refractivity (Wildman–Crippen MR) is 81.5 cm³/mol. The molecule has 20 heavy (non-hydrogen) atoms. The lowest BCUT2D eigenvalue weighted by atomic mass is 10.1. The second kappa shape index (κ2) is 7.48. The Morgan fingerprint density at radius 2 is 2.25 bits per heavy atom. The molecule has 2 rings (SSSR count). The zero-order valence-electron chi connectivity index (χ0n) is 12.7. The molecule has 1 aromatic rings. The smallest absolute Gasteiger partial charge is 0.221 e. The lowest BCUT2D eigenvalue weighted by Crippen LogP contribution is -2.24. The van der Waals surface area contributed by atoms with Crippen LogP contribution in [0.5, 0.6) is 0 Å². The van der Waals surface area contributed by atoms with Crippen molar-refractivity contribution in [1.29, 1.82) is 0 Å². The van der Waals surface area contributed by atoms with Crippen molar-refractivity contribution in [2.24, 2.45) is 5.92 Å². The standard InChI is InChI=1S/C16H27N3O/c1-3-9-18-16(13-5-6-13)14-7-10-19(12-14)11-8-15(20)17-4-2/h7,10,12-13,16,18H,3-6,8-9,11H2,1-2H3,(H,17,20). The van der Waals surface area contributed by atoms with E-state index in [0.717, 1.165) is 19.0 Å². The summed E-state index contributed by atoms with van der Waals surface area (Å²) in [4.78, 5) is 11.5. The van der Waals surface area contributed by atoms with Crippen LogP contribution >= 0.6 is 0 Å². The molecule has 1 aliphatic rings. The van der Waals surface area contributed by atoms with Crippen molar-refractivity contribution in [2.45, 2.75) is 52.1 Å². The third-order valence-electron chi connectivity index (χ3n) is 3.81. The number of hydrogen-bond acceptors (Lipinski definition) is 2. The number of aromatic nitrogens is 1. The van der Waals surface area contributed by atoms with E-state index in [9.17, 15) is 4.79 Å². The minimum Gasteiger partial charge on any atom is -0.356 e. The highest BCUT2D eigenvalue weighted by Crippen LogP contribution is 2.41. The van der Waals surface area contributed by atoms with Gasteiger partial charge in [-0.1, -0.05) is 6.92 Å². The maximum atomic E-state index is 11.5. The fourth-order valence-corrected chi connectivity index (χ4v) is 2.58. The van der Waals surface area contributed by atoms with Crippen LogP contribution in [0.3, 0.4) is 0 Å². The monoisotopic (exact) mass is 277 g/mol. The normalized spacial score (nSPS) is 16.1. The van der Waals surface area contributed by atoms with Crippen LogP contribution < -0.4 is 10.6 Å². The van der Waals surface area contributed by atoms with Crippen molar-refractivity contribution in [1.82, 2.24) is 15.2 Å². The quantitative estimate of drug-likeness (QED) is 0.728. The summed E-state index contributed by atoms with van der Waals surface area (Å²) in [6.07, 6.45) is 8.69. The molecule has 0 aliphatic heterocycles. The number of nitrogens with zero attached hydrogens (tertiary/aromatic N) is 1. The molecule has 1 fully saturated rings. The highest BCUT2D eigenvalue weighted by atomic mass is 16.1. The Labute approximate surface area is 121 Å². The molecule has 2 N–H and O–H groups in total. The lowest BCUT2D eigenvalue weighted by Gasteiger charge is -2.16. The van der Waals surface area contributed by atoms with E-state index in [4.69, 9.17) is 0 Å². The molecule has 1 aliphatic carbocycles. The van der Waals surface area contributed by atoms with Gasteiger partial charge >= 0.3 is 0 Å². The van der Waals surface area contributed by atoms with E-state index in [2.05, 4.69) is 40.6 Å². The van der Waals surface area contributed by atoms with Crippen LogP contribution in [0.1, 0.15) is 51.1 Å². The molecule has 4 nitrogen and oxygen atoms in total. The molecular formula is C16H27N3O. The zero-order chi connectivity index (χ0) is 14.4. The van der Waals surface area contributed by atoms with Gasteiger partial charge in [0.1, 0.15) is 0 Å². The SMILES string of the molecule is CCCNC(c1ccn(CCC(=O)NCC)c1)C1CC1. The van der Waals surface area contributed by atoms with Crippen molar-refractivity contribution in [3.63, 3.8) is 0 Å². The number of rotatable bonds is 9. The molecule has 112 valence electrons. The molecule has 1 unspecified atom stereocenters. The van der Waals surface area contributed by atoms with E-state index >= 15 is 0 Å². The molecule has 1 atom stereocenters. The Morgan fingerprint density at radius 3 is 2.90 bits per heavy atom. The first-order chi connectivity index (χ1) is 9.74. The summed E-state index contributed by atoms with van der Waals surface area (Å²) in [5.41, 5.74) is 1.37. The van der Waals surface area contributed by atoms with Gasteiger partial charge in [0.2, 0.25) is 5.91 Å². The second-order valence-corrected chi connectivity index (χ2v) is 5.66. The first kappa shape index (κ1) is 15.1. The van der Waals surface area contributed by atoms with Crippen molar-refractivity contribution >= 4 is 5.91 Å². The van der Waals surface area contributed by atoms with Gasteiger partial charge in [0.25, 0.3) is 0 Å². The minimum atomic E-state index is 0.130. The van der Waals surface area contributed by atoms with E-state index in [1.54, 1.807) is 0 Å². The van der Waals surface area contributed by atoms with E-state index < -0.39 is 0 Å². The summed E-state index contributed by atoms with van der Waals surface area (Å²) < 4.78 is 2.13. The Bertz CT molecular complexity index is 423. The molecule has 1 saturated carbocycles. The summed E-state index contributed by atoms with van der Waals surface area (Å²) in [5, 5.41) is 6.49. The van der Waals surface area contributed by atoms with E-state index in [0.29, 0.717) is 19.0 Å². The Balaban J connectivity index is 1.87. The number of carbonyl (C=O) groups is 1. The minimum absolute atomic E-state index is 0.130. The molecule has 0 aromatic carbocycles. The van der Waals surface area contributed by atoms with Gasteiger partial charge in [0.15, 0.2) is 0 Å². The molecule has 1 aromatic heterocycles. The molecular weight excluding hydrogens is 250 g/mol. The zero-order valence-corrected chi connectivity index (χ0v) is 12.7. The van der Waals surface area contributed by atoms with Gasteiger partial charge in [-0.05, 0) is 50.3 Å². The van der Waals surface area contributed by atoms with Crippen molar-refractivity contribution < 1.29 is 4.79 Å². The number of aryl methyl sites for hydroxylation is 1. The van der Waals surface area contributed by atoms with Crippen molar-refractivity contribution in [3.05, 3.63) is 24.0 Å². The van der Waals surface area contributed by atoms with Gasteiger partial charge in [0.05, 0.1) is 0 Å². The summed E-state index contributed by atoms with van der Waals surface area (Å²) in [5.74, 6) is 0.936. The molecule has 4 heteroatoms. The van der Waals surface area contributed by atoms with Gasteiger partial charge in [-0.25, -0.2) is 0 Å². The third-order valence-corrected chi connectivity index (χ3v) is 3.81. The van der Waals surface area contributed by atoms with Gasteiger partial charge in [-0.2, -0.15) is 0 Å². The highest BCUT2D eigenvalue weighted by molar-refractivity contribution is 5.75. The van der Waals surface area contributed by atoms with Crippen LogP contribution in [0.2, 0.25) is 0 Å². The third kappa shape index (κ3) is 4.37. The highest BCUT2D eigenvalue weighted by Gasteiger charge is 2.32. The predicted octanol–water partition coefficient (Wildman–Crippen LogP) is 2.46. The second-order valence-electron chi connectivity index (χ2n) is 5.66. The van der Waals surface area contributed by atoms with Gasteiger partial charge in [-0.3, -0.25) is 4.79 Å². The van der Waals surface area contributed by atoms with Crippen LogP contribution in [0.25, 0.3) is 0 Å². The Hall–Kier alpha value is -1.29. The average molecular weight is 277 g/mol. The summed E-state index contributed by atoms with van der Waals surface area (Å²) >= 11 is 0. The fraction of sp³-hybridized carbons (Fsp3) is 0.688. The number of amides is 1. The first-order valence-corrected chi connectivity index (χ1v) is 7.90. The van der Waals surface area contributed by atoms with Crippen LogP contribution in [-0.2, 0) is 11.3 Å². The van der Waals surface area contributed by atoms with Gasteiger partial charge < -0.3 is 15.2 Å². The Morgan fingerprint density at radius 1 is 1.45 bits per heavy atom. The van der Waals surface area contributed by atoms with E-state index in [1.807, 2.05) is 6.92 Å².